The Morgan fingerprint density at radius 2 is 2.28 bits per heavy atom. The van der Waals surface area contributed by atoms with Crippen molar-refractivity contribution in [3.8, 4) is 5.88 Å². The maximum absolute atomic E-state index is 5.87. The van der Waals surface area contributed by atoms with Crippen molar-refractivity contribution >= 4 is 11.5 Å². The number of nitrogens with one attached hydrogen (secondary N) is 1. The molecule has 18 heavy (non-hydrogen) atoms. The Balaban J connectivity index is 1.87. The predicted molar refractivity (Wildman–Crippen MR) is 74.9 cm³/mol. The molecular weight excluding hydrogens is 226 g/mol. The fourth-order valence-corrected chi connectivity index (χ4v) is 2.18. The van der Waals surface area contributed by atoms with Gasteiger partial charge in [0.2, 0.25) is 5.88 Å². The van der Waals surface area contributed by atoms with Gasteiger partial charge in [0, 0.05) is 12.6 Å². The second-order valence-corrected chi connectivity index (χ2v) is 4.58. The fourth-order valence-electron chi connectivity index (χ4n) is 2.18. The van der Waals surface area contributed by atoms with Gasteiger partial charge >= 0.3 is 0 Å². The first-order valence-corrected chi connectivity index (χ1v) is 6.52. The lowest BCUT2D eigenvalue weighted by Crippen LogP contribution is -2.08. The van der Waals surface area contributed by atoms with E-state index in [0.717, 1.165) is 13.0 Å². The normalized spacial score (nSPS) is 15.1. The molecule has 2 rings (SSSR count). The van der Waals surface area contributed by atoms with E-state index >= 15 is 0 Å². The highest BCUT2D eigenvalue weighted by molar-refractivity contribution is 5.61. The summed E-state index contributed by atoms with van der Waals surface area (Å²) in [4.78, 5) is 4.30. The monoisotopic (exact) mass is 247 g/mol. The summed E-state index contributed by atoms with van der Waals surface area (Å²) in [5.74, 6) is 1.30. The topological polar surface area (TPSA) is 60.2 Å². The molecule has 0 unspecified atom stereocenters. The number of allylic oxidation sites excluding steroid dienone is 1. The number of nitrogens with zero attached hydrogens (tertiary/aromatic N) is 1. The number of hydrogen-bond donors (Lipinski definition) is 2. The molecule has 0 fully saturated rings. The van der Waals surface area contributed by atoms with Crippen molar-refractivity contribution in [1.82, 2.24) is 4.98 Å². The first-order chi connectivity index (χ1) is 8.79. The lowest BCUT2D eigenvalue weighted by molar-refractivity contribution is 0.398. The van der Waals surface area contributed by atoms with Crippen LogP contribution in [0.3, 0.4) is 0 Å². The number of aromatic nitrogens is 1. The van der Waals surface area contributed by atoms with E-state index in [1.165, 1.54) is 25.7 Å². The van der Waals surface area contributed by atoms with Crippen molar-refractivity contribution in [2.45, 2.75) is 32.1 Å². The third kappa shape index (κ3) is 3.39. The molecule has 0 bridgehead atoms. The molecule has 1 aromatic heterocycles. The zero-order chi connectivity index (χ0) is 12.8. The zero-order valence-electron chi connectivity index (χ0n) is 10.9. The highest BCUT2D eigenvalue weighted by atomic mass is 16.5. The summed E-state index contributed by atoms with van der Waals surface area (Å²) in [5.41, 5.74) is 8.08. The molecule has 1 aliphatic carbocycles. The van der Waals surface area contributed by atoms with Gasteiger partial charge in [0.05, 0.1) is 12.8 Å². The minimum Gasteiger partial charge on any atom is -0.481 e. The van der Waals surface area contributed by atoms with Gasteiger partial charge in [0.1, 0.15) is 0 Å². The van der Waals surface area contributed by atoms with Crippen molar-refractivity contribution in [2.24, 2.45) is 0 Å². The molecule has 0 amide bonds. The molecule has 0 aliphatic heterocycles. The number of hydrogen-bond acceptors (Lipinski definition) is 4. The quantitative estimate of drug-likeness (QED) is 0.785. The highest BCUT2D eigenvalue weighted by Gasteiger charge is 2.05. The summed E-state index contributed by atoms with van der Waals surface area (Å²) in [6, 6.07) is 3.58. The largest absolute Gasteiger partial charge is 0.481 e. The van der Waals surface area contributed by atoms with E-state index in [1.54, 1.807) is 18.7 Å². The van der Waals surface area contributed by atoms with E-state index in [-0.39, 0.29) is 0 Å². The summed E-state index contributed by atoms with van der Waals surface area (Å²) >= 11 is 0. The van der Waals surface area contributed by atoms with Crippen LogP contribution >= 0.6 is 0 Å². The van der Waals surface area contributed by atoms with Crippen LogP contribution in [-0.4, -0.2) is 18.6 Å². The van der Waals surface area contributed by atoms with Crippen molar-refractivity contribution in [2.75, 3.05) is 24.7 Å². The third-order valence-electron chi connectivity index (χ3n) is 3.23. The number of ether oxygens (including phenoxy) is 1. The SMILES string of the molecule is COc1ccc(N)c(NCCC2=CCCCC2)n1. The number of anilines is 2. The average molecular weight is 247 g/mol. The molecule has 4 nitrogen and oxygen atoms in total. The lowest BCUT2D eigenvalue weighted by Gasteiger charge is -2.14. The molecule has 4 heteroatoms. The van der Waals surface area contributed by atoms with Crippen LogP contribution in [0.2, 0.25) is 0 Å². The molecule has 0 spiro atoms. The molecule has 1 heterocycles. The second kappa shape index (κ2) is 6.28. The molecule has 0 aromatic carbocycles. The highest BCUT2D eigenvalue weighted by Crippen LogP contribution is 2.22. The molecule has 0 saturated carbocycles. The van der Waals surface area contributed by atoms with Crippen LogP contribution in [0.5, 0.6) is 5.88 Å². The fraction of sp³-hybridized carbons (Fsp3) is 0.500. The summed E-state index contributed by atoms with van der Waals surface area (Å²) in [6.07, 6.45) is 8.57. The van der Waals surface area contributed by atoms with Crippen molar-refractivity contribution in [3.05, 3.63) is 23.8 Å². The van der Waals surface area contributed by atoms with Crippen LogP contribution in [0, 0.1) is 0 Å². The summed E-state index contributed by atoms with van der Waals surface area (Å²) < 4.78 is 5.09. The first-order valence-electron chi connectivity index (χ1n) is 6.52. The first kappa shape index (κ1) is 12.7. The van der Waals surface area contributed by atoms with Crippen LogP contribution in [-0.2, 0) is 0 Å². The van der Waals surface area contributed by atoms with E-state index < -0.39 is 0 Å². The van der Waals surface area contributed by atoms with Gasteiger partial charge in [-0.3, -0.25) is 0 Å². The van der Waals surface area contributed by atoms with Gasteiger partial charge in [-0.15, -0.1) is 0 Å². The summed E-state index contributed by atoms with van der Waals surface area (Å²) in [6.45, 7) is 0.871. The summed E-state index contributed by atoms with van der Waals surface area (Å²) in [5, 5.41) is 3.28. The number of methoxy groups -OCH3 is 1. The minimum absolute atomic E-state index is 0.587. The molecule has 1 aromatic rings. The second-order valence-electron chi connectivity index (χ2n) is 4.58. The Morgan fingerprint density at radius 3 is 3.00 bits per heavy atom. The molecule has 0 radical (unpaired) electrons. The maximum Gasteiger partial charge on any atom is 0.215 e. The Labute approximate surface area is 108 Å². The van der Waals surface area contributed by atoms with Crippen LogP contribution < -0.4 is 15.8 Å². The van der Waals surface area contributed by atoms with Crippen molar-refractivity contribution < 1.29 is 4.74 Å². The lowest BCUT2D eigenvalue weighted by atomic mass is 9.97. The number of nitrogens with two attached hydrogens (primary N) is 1. The number of nitrogen functional groups attached to an aromatic ring is 1. The van der Waals surface area contributed by atoms with Gasteiger partial charge < -0.3 is 15.8 Å². The third-order valence-corrected chi connectivity index (χ3v) is 3.23. The van der Waals surface area contributed by atoms with E-state index in [2.05, 4.69) is 16.4 Å². The Bertz CT molecular complexity index is 429. The van der Waals surface area contributed by atoms with Gasteiger partial charge in [-0.05, 0) is 38.2 Å². The van der Waals surface area contributed by atoms with E-state index in [9.17, 15) is 0 Å². The van der Waals surface area contributed by atoms with E-state index in [0.29, 0.717) is 17.4 Å². The van der Waals surface area contributed by atoms with Gasteiger partial charge in [0.15, 0.2) is 5.82 Å². The van der Waals surface area contributed by atoms with Crippen molar-refractivity contribution in [3.63, 3.8) is 0 Å². The Kier molecular flexibility index (Phi) is 4.45. The minimum atomic E-state index is 0.587. The van der Waals surface area contributed by atoms with Gasteiger partial charge in [-0.1, -0.05) is 11.6 Å². The van der Waals surface area contributed by atoms with Gasteiger partial charge in [0.25, 0.3) is 0 Å². The number of rotatable bonds is 5. The predicted octanol–water partition coefficient (Wildman–Crippen LogP) is 2.97. The summed E-state index contributed by atoms with van der Waals surface area (Å²) in [7, 11) is 1.61. The Morgan fingerprint density at radius 1 is 1.39 bits per heavy atom. The van der Waals surface area contributed by atoms with Gasteiger partial charge in [-0.2, -0.15) is 4.98 Å². The molecule has 3 N–H and O–H groups in total. The van der Waals surface area contributed by atoms with E-state index in [4.69, 9.17) is 10.5 Å². The standard InChI is InChI=1S/C14H21N3O/c1-18-13-8-7-12(15)14(17-13)16-10-9-11-5-3-2-4-6-11/h5,7-8H,2-4,6,9-10,15H2,1H3,(H,16,17). The average Bonchev–Trinajstić information content (AvgIpc) is 2.42. The number of pyridine rings is 1. The van der Waals surface area contributed by atoms with E-state index in [1.807, 2.05) is 6.07 Å². The Hall–Kier alpha value is -1.71. The van der Waals surface area contributed by atoms with Crippen LogP contribution in [0.1, 0.15) is 32.1 Å². The van der Waals surface area contributed by atoms with Gasteiger partial charge in [-0.25, -0.2) is 0 Å². The molecule has 0 atom stereocenters. The zero-order valence-corrected chi connectivity index (χ0v) is 10.9. The van der Waals surface area contributed by atoms with Crippen LogP contribution in [0.4, 0.5) is 11.5 Å². The molecule has 0 saturated heterocycles. The molecular formula is C14H21N3O. The smallest absolute Gasteiger partial charge is 0.215 e. The molecule has 98 valence electrons. The maximum atomic E-state index is 5.87. The molecule has 1 aliphatic rings. The van der Waals surface area contributed by atoms with Crippen LogP contribution in [0.25, 0.3) is 0 Å². The van der Waals surface area contributed by atoms with Crippen LogP contribution in [0.15, 0.2) is 23.8 Å². The van der Waals surface area contributed by atoms with Crippen molar-refractivity contribution in [1.29, 1.82) is 0 Å².